The minimum atomic E-state index is -0.312. The first-order chi connectivity index (χ1) is 15.8. The van der Waals surface area contributed by atoms with Crippen molar-refractivity contribution in [2.75, 3.05) is 11.4 Å². The molecule has 3 aromatic heterocycles. The Balaban J connectivity index is 1.59. The van der Waals surface area contributed by atoms with Gasteiger partial charge in [0.1, 0.15) is 22.5 Å². The number of piperidine rings is 1. The number of aromatic nitrogens is 4. The third-order valence-corrected chi connectivity index (χ3v) is 6.32. The maximum Gasteiger partial charge on any atom is 0.349 e. The summed E-state index contributed by atoms with van der Waals surface area (Å²) in [7, 11) is 1.69. The van der Waals surface area contributed by atoms with E-state index >= 15 is 0 Å². The number of halogens is 1. The number of pyridine rings is 2. The summed E-state index contributed by atoms with van der Waals surface area (Å²) in [6.07, 6.45) is 3.47. The smallest absolute Gasteiger partial charge is 0.349 e. The van der Waals surface area contributed by atoms with E-state index in [2.05, 4.69) is 33.7 Å². The molecule has 8 nitrogen and oxygen atoms in total. The quantitative estimate of drug-likeness (QED) is 0.497. The van der Waals surface area contributed by atoms with Crippen LogP contribution in [0.25, 0.3) is 11.0 Å². The molecule has 0 radical (unpaired) electrons. The molecule has 1 aliphatic heterocycles. The van der Waals surface area contributed by atoms with Gasteiger partial charge in [0.2, 0.25) is 5.88 Å². The fourth-order valence-electron chi connectivity index (χ4n) is 4.36. The number of anilines is 1. The summed E-state index contributed by atoms with van der Waals surface area (Å²) in [5.41, 5.74) is 1.03. The molecule has 0 spiro atoms. The van der Waals surface area contributed by atoms with Gasteiger partial charge in [-0.15, -0.1) is 0 Å². The second kappa shape index (κ2) is 9.55. The highest BCUT2D eigenvalue weighted by molar-refractivity contribution is 6.29. The lowest BCUT2D eigenvalue weighted by Gasteiger charge is -2.43. The van der Waals surface area contributed by atoms with Crippen molar-refractivity contribution in [2.24, 2.45) is 13.0 Å². The van der Waals surface area contributed by atoms with Crippen LogP contribution in [0.15, 0.2) is 35.3 Å². The van der Waals surface area contributed by atoms with Gasteiger partial charge in [0.25, 0.3) is 0 Å². The maximum absolute atomic E-state index is 12.6. The van der Waals surface area contributed by atoms with Crippen LogP contribution in [0, 0.1) is 5.92 Å². The first-order valence-corrected chi connectivity index (χ1v) is 11.7. The van der Waals surface area contributed by atoms with E-state index in [0.717, 1.165) is 18.6 Å². The maximum atomic E-state index is 12.6. The van der Waals surface area contributed by atoms with E-state index in [-0.39, 0.29) is 29.9 Å². The predicted octanol–water partition coefficient (Wildman–Crippen LogP) is 4.24. The summed E-state index contributed by atoms with van der Waals surface area (Å²) in [5.74, 6) is 2.12. The topological polar surface area (TPSA) is 82.4 Å². The SMILES string of the molecule is CC[C@@H]1CN(c2nc(=O)n(C)c3ccc(Cl)nc23)[C@H](C)C[C@@H]1Oc1ccc(OC(C)C)cn1. The van der Waals surface area contributed by atoms with Crippen molar-refractivity contribution < 1.29 is 9.47 Å². The van der Waals surface area contributed by atoms with E-state index in [1.54, 1.807) is 19.3 Å². The normalized spacial score (nSPS) is 20.9. The van der Waals surface area contributed by atoms with Gasteiger partial charge in [0.15, 0.2) is 5.82 Å². The summed E-state index contributed by atoms with van der Waals surface area (Å²) < 4.78 is 13.5. The molecule has 0 saturated carbocycles. The van der Waals surface area contributed by atoms with E-state index < -0.39 is 0 Å². The summed E-state index contributed by atoms with van der Waals surface area (Å²) in [4.78, 5) is 28.0. The molecule has 1 saturated heterocycles. The first kappa shape index (κ1) is 23.3. The van der Waals surface area contributed by atoms with Crippen LogP contribution in [0.1, 0.15) is 40.5 Å². The second-order valence-corrected chi connectivity index (χ2v) is 9.23. The Morgan fingerprint density at radius 2 is 2.00 bits per heavy atom. The molecule has 3 atom stereocenters. The molecule has 0 bridgehead atoms. The van der Waals surface area contributed by atoms with Gasteiger partial charge < -0.3 is 14.4 Å². The van der Waals surface area contributed by atoms with Gasteiger partial charge in [-0.1, -0.05) is 18.5 Å². The molecule has 4 rings (SSSR count). The monoisotopic (exact) mass is 471 g/mol. The second-order valence-electron chi connectivity index (χ2n) is 8.84. The summed E-state index contributed by atoms with van der Waals surface area (Å²) in [6, 6.07) is 7.32. The summed E-state index contributed by atoms with van der Waals surface area (Å²) >= 11 is 6.19. The largest absolute Gasteiger partial charge is 0.489 e. The zero-order valence-corrected chi connectivity index (χ0v) is 20.4. The average molecular weight is 472 g/mol. The minimum Gasteiger partial charge on any atom is -0.489 e. The van der Waals surface area contributed by atoms with Crippen LogP contribution in [0.4, 0.5) is 5.82 Å². The van der Waals surface area contributed by atoms with Gasteiger partial charge in [-0.05, 0) is 45.4 Å². The van der Waals surface area contributed by atoms with E-state index in [0.29, 0.717) is 34.4 Å². The van der Waals surface area contributed by atoms with E-state index in [4.69, 9.17) is 21.1 Å². The summed E-state index contributed by atoms with van der Waals surface area (Å²) in [5, 5.41) is 0.373. The van der Waals surface area contributed by atoms with Crippen molar-refractivity contribution in [3.8, 4) is 11.6 Å². The highest BCUT2D eigenvalue weighted by atomic mass is 35.5. The molecule has 0 N–H and O–H groups in total. The van der Waals surface area contributed by atoms with Crippen molar-refractivity contribution in [1.82, 2.24) is 19.5 Å². The van der Waals surface area contributed by atoms with Crippen molar-refractivity contribution in [3.05, 3.63) is 46.1 Å². The standard InChI is InChI=1S/C24H30ClN5O3/c1-6-16-13-30(23-22-18(8-9-20(25)27-22)29(5)24(31)28-23)15(4)11-19(16)33-21-10-7-17(12-26-21)32-14(2)3/h7-10,12,14-16,19H,6,11,13H2,1-5H3/t15-,16-,19+/m1/s1. The lowest BCUT2D eigenvalue weighted by Crippen LogP contribution is -2.51. The lowest BCUT2D eigenvalue weighted by atomic mass is 9.88. The van der Waals surface area contributed by atoms with Gasteiger partial charge in [-0.25, -0.2) is 14.8 Å². The Morgan fingerprint density at radius 3 is 2.67 bits per heavy atom. The van der Waals surface area contributed by atoms with Gasteiger partial charge in [0.05, 0.1) is 17.8 Å². The van der Waals surface area contributed by atoms with Crippen LogP contribution in [0.5, 0.6) is 11.6 Å². The molecule has 176 valence electrons. The number of aryl methyl sites for hydroxylation is 1. The Hall–Kier alpha value is -2.87. The van der Waals surface area contributed by atoms with Gasteiger partial charge in [-0.2, -0.15) is 4.98 Å². The van der Waals surface area contributed by atoms with E-state index in [1.807, 2.05) is 32.0 Å². The lowest BCUT2D eigenvalue weighted by molar-refractivity contribution is 0.0908. The van der Waals surface area contributed by atoms with Gasteiger partial charge in [-0.3, -0.25) is 4.57 Å². The van der Waals surface area contributed by atoms with E-state index in [9.17, 15) is 4.79 Å². The zero-order chi connectivity index (χ0) is 23.7. The summed E-state index contributed by atoms with van der Waals surface area (Å²) in [6.45, 7) is 8.92. The third kappa shape index (κ3) is 4.90. The number of hydrogen-bond donors (Lipinski definition) is 0. The molecule has 0 amide bonds. The Kier molecular flexibility index (Phi) is 6.74. The van der Waals surface area contributed by atoms with Crippen LogP contribution in [-0.2, 0) is 7.05 Å². The molecule has 1 fully saturated rings. The molecular weight excluding hydrogens is 442 g/mol. The van der Waals surface area contributed by atoms with E-state index in [1.165, 1.54) is 4.57 Å². The van der Waals surface area contributed by atoms with Crippen molar-refractivity contribution in [1.29, 1.82) is 0 Å². The molecule has 0 aromatic carbocycles. The molecule has 9 heteroatoms. The molecule has 1 aliphatic rings. The van der Waals surface area contributed by atoms with Crippen LogP contribution < -0.4 is 20.1 Å². The molecule has 0 unspecified atom stereocenters. The molecule has 3 aromatic rings. The fourth-order valence-corrected chi connectivity index (χ4v) is 4.50. The number of ether oxygens (including phenoxy) is 2. The Morgan fingerprint density at radius 1 is 1.21 bits per heavy atom. The molecule has 4 heterocycles. The third-order valence-electron chi connectivity index (χ3n) is 6.11. The zero-order valence-electron chi connectivity index (χ0n) is 19.7. The fraction of sp³-hybridized carbons (Fsp3) is 0.500. The van der Waals surface area contributed by atoms with Crippen LogP contribution in [0.3, 0.4) is 0 Å². The number of hydrogen-bond acceptors (Lipinski definition) is 7. The molecular formula is C24H30ClN5O3. The van der Waals surface area contributed by atoms with Crippen molar-refractivity contribution in [3.63, 3.8) is 0 Å². The van der Waals surface area contributed by atoms with Crippen LogP contribution in [-0.4, -0.2) is 44.3 Å². The van der Waals surface area contributed by atoms with Crippen LogP contribution in [0.2, 0.25) is 5.15 Å². The Labute approximate surface area is 198 Å². The van der Waals surface area contributed by atoms with Gasteiger partial charge in [0, 0.05) is 38.0 Å². The highest BCUT2D eigenvalue weighted by Gasteiger charge is 2.36. The van der Waals surface area contributed by atoms with Crippen molar-refractivity contribution in [2.45, 2.75) is 58.8 Å². The number of nitrogens with zero attached hydrogens (tertiary/aromatic N) is 5. The first-order valence-electron chi connectivity index (χ1n) is 11.4. The van der Waals surface area contributed by atoms with Crippen molar-refractivity contribution >= 4 is 28.5 Å². The molecule has 0 aliphatic carbocycles. The number of rotatable bonds is 6. The minimum absolute atomic E-state index is 0.0000243. The highest BCUT2D eigenvalue weighted by Crippen LogP contribution is 2.33. The van der Waals surface area contributed by atoms with Gasteiger partial charge >= 0.3 is 5.69 Å². The number of fused-ring (bicyclic) bond motifs is 1. The van der Waals surface area contributed by atoms with Crippen LogP contribution >= 0.6 is 11.6 Å². The Bertz CT molecular complexity index is 1180. The average Bonchev–Trinajstić information content (AvgIpc) is 2.77. The molecule has 33 heavy (non-hydrogen) atoms. The predicted molar refractivity (Wildman–Crippen MR) is 129 cm³/mol.